The topological polar surface area (TPSA) is 68.2 Å². The van der Waals surface area contributed by atoms with Gasteiger partial charge in [0.2, 0.25) is 0 Å². The lowest BCUT2D eigenvalue weighted by molar-refractivity contribution is 0.0697. The summed E-state index contributed by atoms with van der Waals surface area (Å²) in [7, 11) is 1.81. The smallest absolute Gasteiger partial charge is 0.339 e. The second-order valence-corrected chi connectivity index (χ2v) is 5.01. The number of nitrogens with zero attached hydrogens (tertiary/aromatic N) is 1. The van der Waals surface area contributed by atoms with Crippen LogP contribution < -0.4 is 5.73 Å². The lowest BCUT2D eigenvalue weighted by Gasteiger charge is -2.06. The Morgan fingerprint density at radius 2 is 1.89 bits per heavy atom. The Balaban J connectivity index is 2.69. The van der Waals surface area contributed by atoms with E-state index in [2.05, 4.69) is 15.9 Å². The number of halogens is 1. The Kier molecular flexibility index (Phi) is 3.17. The van der Waals surface area contributed by atoms with Crippen LogP contribution in [0.2, 0.25) is 0 Å². The molecule has 2 aromatic rings. The van der Waals surface area contributed by atoms with E-state index in [-0.39, 0.29) is 5.56 Å². The summed E-state index contributed by atoms with van der Waals surface area (Å²) < 4.78 is 2.77. The maximum absolute atomic E-state index is 11.2. The van der Waals surface area contributed by atoms with Gasteiger partial charge in [-0.05, 0) is 19.1 Å². The summed E-state index contributed by atoms with van der Waals surface area (Å²) in [4.78, 5) is 11.2. The Morgan fingerprint density at radius 3 is 2.33 bits per heavy atom. The second kappa shape index (κ2) is 4.49. The molecule has 0 aliphatic rings. The number of hydrogen-bond acceptors (Lipinski definition) is 2. The van der Waals surface area contributed by atoms with E-state index in [9.17, 15) is 9.90 Å². The van der Waals surface area contributed by atoms with Crippen molar-refractivity contribution >= 4 is 27.6 Å². The molecule has 3 N–H and O–H groups in total. The molecule has 94 valence electrons. The quantitative estimate of drug-likeness (QED) is 0.896. The van der Waals surface area contributed by atoms with Crippen molar-refractivity contribution in [1.29, 1.82) is 0 Å². The zero-order valence-electron chi connectivity index (χ0n) is 10.1. The van der Waals surface area contributed by atoms with E-state index in [1.54, 1.807) is 6.92 Å². The molecular weight excluding hydrogens is 296 g/mol. The highest BCUT2D eigenvalue weighted by atomic mass is 79.9. The first-order valence-corrected chi connectivity index (χ1v) is 6.16. The molecule has 0 bridgehead atoms. The monoisotopic (exact) mass is 308 g/mol. The van der Waals surface area contributed by atoms with Gasteiger partial charge in [0.05, 0.1) is 11.4 Å². The Labute approximate surface area is 113 Å². The van der Waals surface area contributed by atoms with Gasteiger partial charge < -0.3 is 15.4 Å². The molecule has 0 spiro atoms. The first-order valence-electron chi connectivity index (χ1n) is 5.37. The minimum absolute atomic E-state index is 0.176. The minimum Gasteiger partial charge on any atom is -0.478 e. The van der Waals surface area contributed by atoms with E-state index in [0.29, 0.717) is 11.4 Å². The first kappa shape index (κ1) is 12.7. The van der Waals surface area contributed by atoms with Crippen LogP contribution >= 0.6 is 15.9 Å². The molecule has 1 aromatic heterocycles. The molecule has 2 rings (SSSR count). The van der Waals surface area contributed by atoms with E-state index in [1.165, 1.54) is 0 Å². The number of carboxylic acid groups (broad SMARTS) is 1. The highest BCUT2D eigenvalue weighted by Gasteiger charge is 2.21. The number of carboxylic acids is 1. The predicted molar refractivity (Wildman–Crippen MR) is 74.7 cm³/mol. The number of hydrogen-bond donors (Lipinski definition) is 2. The van der Waals surface area contributed by atoms with Gasteiger partial charge in [0.15, 0.2) is 0 Å². The molecule has 0 radical (unpaired) electrons. The van der Waals surface area contributed by atoms with Crippen LogP contribution in [0.15, 0.2) is 28.7 Å². The maximum atomic E-state index is 11.2. The number of rotatable bonds is 2. The van der Waals surface area contributed by atoms with E-state index in [4.69, 9.17) is 5.73 Å². The molecule has 0 aliphatic heterocycles. The molecule has 0 aliphatic carbocycles. The minimum atomic E-state index is -0.996. The number of carbonyl (C=O) groups is 1. The van der Waals surface area contributed by atoms with Crippen LogP contribution in [0, 0.1) is 6.92 Å². The van der Waals surface area contributed by atoms with Crippen molar-refractivity contribution in [3.8, 4) is 11.3 Å². The van der Waals surface area contributed by atoms with Crippen LogP contribution in [0.25, 0.3) is 11.3 Å². The van der Waals surface area contributed by atoms with E-state index < -0.39 is 5.97 Å². The molecular formula is C13H13BrN2O2. The van der Waals surface area contributed by atoms with Crippen molar-refractivity contribution < 1.29 is 9.90 Å². The lowest BCUT2D eigenvalue weighted by Crippen LogP contribution is -2.01. The van der Waals surface area contributed by atoms with Gasteiger partial charge in [0.1, 0.15) is 5.56 Å². The summed E-state index contributed by atoms with van der Waals surface area (Å²) in [6, 6.07) is 7.61. The van der Waals surface area contributed by atoms with Crippen LogP contribution in [-0.2, 0) is 7.05 Å². The largest absolute Gasteiger partial charge is 0.478 e. The molecule has 4 nitrogen and oxygen atoms in total. The molecule has 5 heteroatoms. The molecule has 0 amide bonds. The van der Waals surface area contributed by atoms with Crippen LogP contribution in [0.1, 0.15) is 16.1 Å². The van der Waals surface area contributed by atoms with Crippen molar-refractivity contribution in [2.24, 2.45) is 7.05 Å². The van der Waals surface area contributed by atoms with Gasteiger partial charge in [-0.3, -0.25) is 0 Å². The summed E-state index contributed by atoms with van der Waals surface area (Å²) in [6.45, 7) is 1.75. The van der Waals surface area contributed by atoms with Crippen molar-refractivity contribution in [2.75, 3.05) is 5.73 Å². The summed E-state index contributed by atoms with van der Waals surface area (Å²) in [5, 5.41) is 9.17. The lowest BCUT2D eigenvalue weighted by atomic mass is 10.1. The fraction of sp³-hybridized carbons (Fsp3) is 0.154. The fourth-order valence-corrected chi connectivity index (χ4v) is 2.32. The maximum Gasteiger partial charge on any atom is 0.339 e. The van der Waals surface area contributed by atoms with Gasteiger partial charge in [0.25, 0.3) is 0 Å². The fourth-order valence-electron chi connectivity index (χ4n) is 2.06. The Bertz CT molecular complexity index is 615. The molecule has 18 heavy (non-hydrogen) atoms. The van der Waals surface area contributed by atoms with Crippen LogP contribution in [0.5, 0.6) is 0 Å². The molecule has 1 aromatic carbocycles. The number of anilines is 1. The number of aromatic nitrogens is 1. The standard InChI is InChI=1S/C13H13BrN2O2/c1-7-10(13(17)18)11(15)12(16(7)2)8-3-5-9(14)6-4-8/h3-6H,15H2,1-2H3,(H,17,18). The van der Waals surface area contributed by atoms with Crippen molar-refractivity contribution in [1.82, 2.24) is 4.57 Å². The average molecular weight is 309 g/mol. The van der Waals surface area contributed by atoms with E-state index in [1.807, 2.05) is 35.9 Å². The Hall–Kier alpha value is -1.75. The summed E-state index contributed by atoms with van der Waals surface area (Å²) in [6.07, 6.45) is 0. The molecule has 0 saturated carbocycles. The van der Waals surface area contributed by atoms with Gasteiger partial charge in [-0.15, -0.1) is 0 Å². The third kappa shape index (κ3) is 1.90. The zero-order chi connectivity index (χ0) is 13.4. The van der Waals surface area contributed by atoms with Crippen molar-refractivity contribution in [3.05, 3.63) is 40.0 Å². The van der Waals surface area contributed by atoms with Crippen molar-refractivity contribution in [3.63, 3.8) is 0 Å². The van der Waals surface area contributed by atoms with Gasteiger partial charge in [-0.25, -0.2) is 4.79 Å². The third-order valence-electron chi connectivity index (χ3n) is 3.06. The predicted octanol–water partition coefficient (Wildman–Crippen LogP) is 3.04. The second-order valence-electron chi connectivity index (χ2n) is 4.09. The third-order valence-corrected chi connectivity index (χ3v) is 3.58. The number of nitrogen functional groups attached to an aromatic ring is 1. The molecule has 0 saturated heterocycles. The molecule has 1 heterocycles. The normalized spacial score (nSPS) is 10.6. The highest BCUT2D eigenvalue weighted by Crippen LogP contribution is 2.33. The van der Waals surface area contributed by atoms with Gasteiger partial charge in [0, 0.05) is 22.8 Å². The van der Waals surface area contributed by atoms with Gasteiger partial charge in [-0.1, -0.05) is 28.1 Å². The average Bonchev–Trinajstić information content (AvgIpc) is 2.52. The zero-order valence-corrected chi connectivity index (χ0v) is 11.7. The van der Waals surface area contributed by atoms with Crippen molar-refractivity contribution in [2.45, 2.75) is 6.92 Å². The highest BCUT2D eigenvalue weighted by molar-refractivity contribution is 9.10. The molecule has 0 atom stereocenters. The summed E-state index contributed by atoms with van der Waals surface area (Å²) in [5.41, 5.74) is 8.73. The Morgan fingerprint density at radius 1 is 1.33 bits per heavy atom. The van der Waals surface area contributed by atoms with Gasteiger partial charge in [-0.2, -0.15) is 0 Å². The SMILES string of the molecule is Cc1c(C(=O)O)c(N)c(-c2ccc(Br)cc2)n1C. The van der Waals surface area contributed by atoms with E-state index >= 15 is 0 Å². The molecule has 0 fully saturated rings. The van der Waals surface area contributed by atoms with Crippen LogP contribution in [0.4, 0.5) is 5.69 Å². The number of aromatic carboxylic acids is 1. The first-order chi connectivity index (χ1) is 8.43. The summed E-state index contributed by atoms with van der Waals surface area (Å²) >= 11 is 3.37. The van der Waals surface area contributed by atoms with E-state index in [0.717, 1.165) is 15.7 Å². The van der Waals surface area contributed by atoms with Gasteiger partial charge >= 0.3 is 5.97 Å². The molecule has 0 unspecified atom stereocenters. The number of benzene rings is 1. The summed E-state index contributed by atoms with van der Waals surface area (Å²) in [5.74, 6) is -0.996. The number of nitrogens with two attached hydrogens (primary N) is 1. The van der Waals surface area contributed by atoms with Crippen LogP contribution in [-0.4, -0.2) is 15.6 Å². The van der Waals surface area contributed by atoms with Crippen LogP contribution in [0.3, 0.4) is 0 Å².